The van der Waals surface area contributed by atoms with E-state index in [0.29, 0.717) is 30.5 Å². The number of rotatable bonds is 4. The van der Waals surface area contributed by atoms with Crippen molar-refractivity contribution >= 4 is 11.6 Å². The van der Waals surface area contributed by atoms with Gasteiger partial charge < -0.3 is 10.1 Å². The van der Waals surface area contributed by atoms with Crippen molar-refractivity contribution in [3.8, 4) is 11.3 Å². The lowest BCUT2D eigenvalue weighted by Gasteiger charge is -2.26. The topological polar surface area (TPSA) is 93.0 Å². The quantitative estimate of drug-likeness (QED) is 0.752. The fourth-order valence-corrected chi connectivity index (χ4v) is 3.29. The maximum absolute atomic E-state index is 14.0. The number of aromatic nitrogens is 6. The fourth-order valence-electron chi connectivity index (χ4n) is 3.29. The second-order valence-corrected chi connectivity index (χ2v) is 6.59. The summed E-state index contributed by atoms with van der Waals surface area (Å²) in [6.07, 6.45) is 7.05. The van der Waals surface area contributed by atoms with E-state index in [2.05, 4.69) is 30.6 Å². The summed E-state index contributed by atoms with van der Waals surface area (Å²) in [6, 6.07) is -0.322. The molecule has 0 amide bonds. The molecule has 2 aliphatic rings. The Kier molecular flexibility index (Phi) is 3.40. The summed E-state index contributed by atoms with van der Waals surface area (Å²) < 4.78 is 21.0. The van der Waals surface area contributed by atoms with Crippen molar-refractivity contribution in [2.75, 3.05) is 18.5 Å². The summed E-state index contributed by atoms with van der Waals surface area (Å²) in [6.45, 7) is 0.662. The molecule has 130 valence electrons. The van der Waals surface area contributed by atoms with Crippen LogP contribution in [0.2, 0.25) is 0 Å². The van der Waals surface area contributed by atoms with E-state index in [4.69, 9.17) is 4.74 Å². The van der Waals surface area contributed by atoms with Gasteiger partial charge in [-0.3, -0.25) is 10.1 Å². The van der Waals surface area contributed by atoms with Crippen LogP contribution in [0, 0.1) is 0 Å². The Hall–Kier alpha value is -2.55. The molecule has 1 saturated heterocycles. The number of H-pyrrole nitrogens is 1. The lowest BCUT2D eigenvalue weighted by Crippen LogP contribution is -2.39. The molecule has 1 aliphatic heterocycles. The van der Waals surface area contributed by atoms with Crippen molar-refractivity contribution in [2.24, 2.45) is 0 Å². The number of anilines is 1. The van der Waals surface area contributed by atoms with Crippen LogP contribution in [-0.4, -0.2) is 55.2 Å². The highest BCUT2D eigenvalue weighted by Crippen LogP contribution is 2.43. The van der Waals surface area contributed by atoms with Crippen LogP contribution in [-0.2, 0) is 4.74 Å². The molecule has 0 spiro atoms. The van der Waals surface area contributed by atoms with Gasteiger partial charge in [0, 0.05) is 24.3 Å². The number of nitrogens with zero attached hydrogens (tertiary/aromatic N) is 5. The third-order valence-corrected chi connectivity index (χ3v) is 4.75. The van der Waals surface area contributed by atoms with Gasteiger partial charge in [0.25, 0.3) is 0 Å². The molecule has 5 rings (SSSR count). The molecule has 0 radical (unpaired) electrons. The first-order chi connectivity index (χ1) is 12.3. The van der Waals surface area contributed by atoms with Crippen molar-refractivity contribution in [2.45, 2.75) is 37.4 Å². The Labute approximate surface area is 142 Å². The summed E-state index contributed by atoms with van der Waals surface area (Å²) in [7, 11) is 0. The van der Waals surface area contributed by atoms with Crippen molar-refractivity contribution < 1.29 is 9.13 Å². The number of alkyl halides is 1. The zero-order valence-corrected chi connectivity index (χ0v) is 13.5. The summed E-state index contributed by atoms with van der Waals surface area (Å²) in [5.41, 5.74) is 3.51. The average molecular weight is 343 g/mol. The Bertz CT molecular complexity index is 889. The van der Waals surface area contributed by atoms with Crippen LogP contribution >= 0.6 is 0 Å². The van der Waals surface area contributed by atoms with Crippen molar-refractivity contribution in [3.63, 3.8) is 0 Å². The molecule has 3 aromatic rings. The van der Waals surface area contributed by atoms with Crippen molar-refractivity contribution in [1.29, 1.82) is 0 Å². The molecule has 9 heteroatoms. The lowest BCUT2D eigenvalue weighted by atomic mass is 10.1. The fraction of sp³-hybridized carbons (Fsp3) is 0.500. The Morgan fingerprint density at radius 3 is 2.96 bits per heavy atom. The van der Waals surface area contributed by atoms with E-state index in [-0.39, 0.29) is 12.6 Å². The van der Waals surface area contributed by atoms with E-state index in [0.717, 1.165) is 29.8 Å². The number of hydrogen-bond donors (Lipinski definition) is 2. The normalized spacial score (nSPS) is 23.9. The van der Waals surface area contributed by atoms with Crippen LogP contribution < -0.4 is 5.32 Å². The zero-order chi connectivity index (χ0) is 16.8. The molecular formula is C16H18FN7O. The van der Waals surface area contributed by atoms with Crippen LogP contribution in [0.3, 0.4) is 0 Å². The molecule has 25 heavy (non-hydrogen) atoms. The summed E-state index contributed by atoms with van der Waals surface area (Å²) >= 11 is 0. The van der Waals surface area contributed by atoms with Crippen molar-refractivity contribution in [1.82, 2.24) is 29.8 Å². The smallest absolute Gasteiger partial charge is 0.243 e. The summed E-state index contributed by atoms with van der Waals surface area (Å²) in [4.78, 5) is 9.06. The van der Waals surface area contributed by atoms with E-state index >= 15 is 0 Å². The van der Waals surface area contributed by atoms with E-state index in [1.807, 2.05) is 10.7 Å². The highest BCUT2D eigenvalue weighted by molar-refractivity contribution is 5.63. The van der Waals surface area contributed by atoms with Gasteiger partial charge in [-0.25, -0.2) is 8.91 Å². The van der Waals surface area contributed by atoms with Crippen LogP contribution in [0.25, 0.3) is 16.9 Å². The maximum Gasteiger partial charge on any atom is 0.243 e. The predicted octanol–water partition coefficient (Wildman–Crippen LogP) is 1.93. The molecule has 2 atom stereocenters. The van der Waals surface area contributed by atoms with Gasteiger partial charge >= 0.3 is 0 Å². The number of aromatic amines is 1. The van der Waals surface area contributed by atoms with Gasteiger partial charge in [-0.1, -0.05) is 0 Å². The second-order valence-electron chi connectivity index (χ2n) is 6.59. The molecule has 1 saturated carbocycles. The van der Waals surface area contributed by atoms with Gasteiger partial charge in [0.05, 0.1) is 36.4 Å². The Morgan fingerprint density at radius 2 is 2.20 bits per heavy atom. The van der Waals surface area contributed by atoms with Gasteiger partial charge in [0.2, 0.25) is 5.95 Å². The number of hydrogen-bond acceptors (Lipinski definition) is 6. The van der Waals surface area contributed by atoms with Gasteiger partial charge in [0.15, 0.2) is 5.65 Å². The zero-order valence-electron chi connectivity index (χ0n) is 13.5. The minimum Gasteiger partial charge on any atom is -0.378 e. The van der Waals surface area contributed by atoms with Gasteiger partial charge in [-0.2, -0.15) is 10.1 Å². The number of nitrogens with one attached hydrogen (secondary N) is 2. The highest BCUT2D eigenvalue weighted by Gasteiger charge is 2.32. The van der Waals surface area contributed by atoms with Gasteiger partial charge in [-0.05, 0) is 19.3 Å². The van der Waals surface area contributed by atoms with Crippen LogP contribution in [0.4, 0.5) is 10.3 Å². The third-order valence-electron chi connectivity index (χ3n) is 4.75. The first-order valence-electron chi connectivity index (χ1n) is 8.53. The third kappa shape index (κ3) is 2.64. The molecule has 8 nitrogen and oxygen atoms in total. The minimum absolute atomic E-state index is 0.116. The SMILES string of the molecule is F[C@@H]1COCC[C@@H]1Nc1nc2cnc(-c3cn[nH]c3)c(C3CC3)n2n1. The van der Waals surface area contributed by atoms with Crippen molar-refractivity contribution in [3.05, 3.63) is 24.3 Å². The number of halogens is 1. The van der Waals surface area contributed by atoms with E-state index < -0.39 is 6.17 Å². The van der Waals surface area contributed by atoms with Gasteiger partial charge in [-0.15, -0.1) is 5.10 Å². The molecular weight excluding hydrogens is 325 g/mol. The standard InChI is InChI=1S/C16H18FN7O/c17-11-8-25-4-3-12(11)21-16-22-13-7-18-14(10-5-19-20-6-10)15(9-1-2-9)24(13)23-16/h5-7,9,11-12H,1-4,8H2,(H,19,20)(H,21,23)/t11-,12+/m1/s1. The largest absolute Gasteiger partial charge is 0.378 e. The second kappa shape index (κ2) is 5.76. The molecule has 2 fully saturated rings. The highest BCUT2D eigenvalue weighted by atomic mass is 19.1. The number of ether oxygens (including phenoxy) is 1. The molecule has 1 aliphatic carbocycles. The minimum atomic E-state index is -1.05. The van der Waals surface area contributed by atoms with E-state index in [1.54, 1.807) is 12.4 Å². The van der Waals surface area contributed by atoms with E-state index in [9.17, 15) is 4.39 Å². The Balaban J connectivity index is 1.54. The molecule has 0 aromatic carbocycles. The first kappa shape index (κ1) is 14.8. The summed E-state index contributed by atoms with van der Waals surface area (Å²) in [5.74, 6) is 0.857. The van der Waals surface area contributed by atoms with E-state index in [1.165, 1.54) is 0 Å². The molecule has 3 aromatic heterocycles. The lowest BCUT2D eigenvalue weighted by molar-refractivity contribution is 0.0284. The Morgan fingerprint density at radius 1 is 1.28 bits per heavy atom. The predicted molar refractivity (Wildman–Crippen MR) is 88.1 cm³/mol. The van der Waals surface area contributed by atoms with Crippen LogP contribution in [0.1, 0.15) is 30.9 Å². The molecule has 2 N–H and O–H groups in total. The van der Waals surface area contributed by atoms with Crippen LogP contribution in [0.15, 0.2) is 18.6 Å². The molecule has 0 bridgehead atoms. The monoisotopic (exact) mass is 343 g/mol. The number of fused-ring (bicyclic) bond motifs is 1. The molecule has 0 unspecified atom stereocenters. The maximum atomic E-state index is 14.0. The van der Waals surface area contributed by atoms with Crippen LogP contribution in [0.5, 0.6) is 0 Å². The van der Waals surface area contributed by atoms with Gasteiger partial charge in [0.1, 0.15) is 6.17 Å². The molecule has 4 heterocycles. The summed E-state index contributed by atoms with van der Waals surface area (Å²) in [5, 5.41) is 14.5. The first-order valence-corrected chi connectivity index (χ1v) is 8.53. The average Bonchev–Trinajstić information content (AvgIpc) is 3.15.